The molecule has 0 aliphatic carbocycles. The Morgan fingerprint density at radius 2 is 2.13 bits per heavy atom. The first-order chi connectivity index (χ1) is 15.2. The highest BCUT2D eigenvalue weighted by Gasteiger charge is 2.25. The summed E-state index contributed by atoms with van der Waals surface area (Å²) in [5.74, 6) is 1.70. The van der Waals surface area contributed by atoms with Gasteiger partial charge in [0.2, 0.25) is 0 Å². The number of guanidine groups is 1. The number of nitrogens with one attached hydrogen (secondary N) is 1. The van der Waals surface area contributed by atoms with Gasteiger partial charge in [0.15, 0.2) is 5.96 Å². The minimum atomic E-state index is -0.0133. The zero-order valence-electron chi connectivity index (χ0n) is 18.2. The highest BCUT2D eigenvalue weighted by atomic mass is 16.5. The van der Waals surface area contributed by atoms with Crippen molar-refractivity contribution in [1.29, 1.82) is 0 Å². The minimum Gasteiger partial charge on any atom is -0.497 e. The lowest BCUT2D eigenvalue weighted by Crippen LogP contribution is -2.48. The molecular formula is C22H29N7O2. The van der Waals surface area contributed by atoms with E-state index in [0.29, 0.717) is 13.2 Å². The zero-order chi connectivity index (χ0) is 21.6. The molecule has 0 bridgehead atoms. The van der Waals surface area contributed by atoms with E-state index in [1.54, 1.807) is 11.8 Å². The summed E-state index contributed by atoms with van der Waals surface area (Å²) < 4.78 is 14.8. The van der Waals surface area contributed by atoms with Crippen LogP contribution in [0, 0.1) is 0 Å². The Morgan fingerprint density at radius 1 is 1.29 bits per heavy atom. The summed E-state index contributed by atoms with van der Waals surface area (Å²) in [5, 5.41) is 12.3. The third-order valence-corrected chi connectivity index (χ3v) is 5.17. The minimum absolute atomic E-state index is 0.0133. The van der Waals surface area contributed by atoms with Crippen LogP contribution in [-0.4, -0.2) is 63.8 Å². The molecule has 0 amide bonds. The van der Waals surface area contributed by atoms with Gasteiger partial charge in [-0.05, 0) is 37.3 Å². The third kappa shape index (κ3) is 5.05. The average Bonchev–Trinajstić information content (AvgIpc) is 3.46. The van der Waals surface area contributed by atoms with Crippen molar-refractivity contribution in [2.75, 3.05) is 33.4 Å². The first-order valence-electron chi connectivity index (χ1n) is 10.5. The summed E-state index contributed by atoms with van der Waals surface area (Å²) in [7, 11) is 3.58. The molecule has 3 heterocycles. The fraction of sp³-hybridized carbons (Fsp3) is 0.409. The summed E-state index contributed by atoms with van der Waals surface area (Å²) in [6, 6.07) is 9.81. The zero-order valence-corrected chi connectivity index (χ0v) is 18.2. The normalized spacial score (nSPS) is 17.1. The molecule has 0 saturated carbocycles. The molecule has 1 aliphatic heterocycles. The molecule has 1 fully saturated rings. The van der Waals surface area contributed by atoms with Crippen molar-refractivity contribution in [3.8, 4) is 11.4 Å². The van der Waals surface area contributed by atoms with Gasteiger partial charge >= 0.3 is 0 Å². The molecule has 2 aromatic heterocycles. The number of benzene rings is 1. The molecule has 4 rings (SSSR count). The van der Waals surface area contributed by atoms with Crippen LogP contribution >= 0.6 is 0 Å². The smallest absolute Gasteiger partial charge is 0.194 e. The van der Waals surface area contributed by atoms with Gasteiger partial charge in [-0.15, -0.1) is 0 Å². The van der Waals surface area contributed by atoms with E-state index in [2.05, 4.69) is 27.3 Å². The number of rotatable bonds is 6. The van der Waals surface area contributed by atoms with Crippen LogP contribution in [0.25, 0.3) is 5.69 Å². The van der Waals surface area contributed by atoms with Gasteiger partial charge < -0.3 is 19.7 Å². The van der Waals surface area contributed by atoms with E-state index in [0.717, 1.165) is 48.3 Å². The molecule has 1 aliphatic rings. The quantitative estimate of drug-likeness (QED) is 0.483. The standard InChI is InChI=1S/C22H29N7O2/c1-4-23-22(28-11-12-31-21(16-28)17-13-25-27(2)15-17)24-14-18-9-10-29(26-18)19-5-7-20(30-3)8-6-19/h5-10,13,15,21H,4,11-12,14,16H2,1-3H3,(H,23,24). The van der Waals surface area contributed by atoms with Crippen LogP contribution < -0.4 is 10.1 Å². The largest absolute Gasteiger partial charge is 0.497 e. The summed E-state index contributed by atoms with van der Waals surface area (Å²) >= 11 is 0. The van der Waals surface area contributed by atoms with Crippen LogP contribution in [0.5, 0.6) is 5.75 Å². The predicted octanol–water partition coefficient (Wildman–Crippen LogP) is 2.15. The second kappa shape index (κ2) is 9.65. The van der Waals surface area contributed by atoms with Crippen molar-refractivity contribution in [2.45, 2.75) is 19.6 Å². The molecule has 1 saturated heterocycles. The van der Waals surface area contributed by atoms with Crippen molar-refractivity contribution in [1.82, 2.24) is 29.8 Å². The lowest BCUT2D eigenvalue weighted by atomic mass is 10.1. The fourth-order valence-electron chi connectivity index (χ4n) is 3.56. The number of morpholine rings is 1. The van der Waals surface area contributed by atoms with Gasteiger partial charge in [0.1, 0.15) is 11.9 Å². The summed E-state index contributed by atoms with van der Waals surface area (Å²) in [6.45, 7) is 5.55. The number of aliphatic imine (C=N–C) groups is 1. The van der Waals surface area contributed by atoms with E-state index in [1.807, 2.05) is 60.7 Å². The van der Waals surface area contributed by atoms with Crippen molar-refractivity contribution in [3.63, 3.8) is 0 Å². The first-order valence-corrected chi connectivity index (χ1v) is 10.5. The first kappa shape index (κ1) is 20.9. The molecule has 0 radical (unpaired) electrons. The van der Waals surface area contributed by atoms with Crippen LogP contribution in [0.4, 0.5) is 0 Å². The van der Waals surface area contributed by atoms with Gasteiger partial charge in [0, 0.05) is 38.1 Å². The Hall–Kier alpha value is -3.33. The van der Waals surface area contributed by atoms with Crippen LogP contribution in [0.3, 0.4) is 0 Å². The maximum absolute atomic E-state index is 5.97. The number of hydrogen-bond acceptors (Lipinski definition) is 5. The van der Waals surface area contributed by atoms with Crippen LogP contribution in [0.15, 0.2) is 53.9 Å². The Labute approximate surface area is 182 Å². The lowest BCUT2D eigenvalue weighted by Gasteiger charge is -2.34. The molecule has 0 spiro atoms. The number of aromatic nitrogens is 4. The van der Waals surface area contributed by atoms with E-state index in [1.165, 1.54) is 0 Å². The van der Waals surface area contributed by atoms with Gasteiger partial charge in [0.05, 0.1) is 44.4 Å². The third-order valence-electron chi connectivity index (χ3n) is 5.17. The van der Waals surface area contributed by atoms with E-state index in [-0.39, 0.29) is 6.10 Å². The van der Waals surface area contributed by atoms with E-state index >= 15 is 0 Å². The van der Waals surface area contributed by atoms with Crippen LogP contribution in [-0.2, 0) is 18.3 Å². The highest BCUT2D eigenvalue weighted by molar-refractivity contribution is 5.80. The van der Waals surface area contributed by atoms with Gasteiger partial charge in [0.25, 0.3) is 0 Å². The summed E-state index contributed by atoms with van der Waals surface area (Å²) in [6.07, 6.45) is 5.81. The second-order valence-electron chi connectivity index (χ2n) is 7.37. The van der Waals surface area contributed by atoms with Gasteiger partial charge in [-0.3, -0.25) is 4.68 Å². The average molecular weight is 424 g/mol. The molecule has 164 valence electrons. The van der Waals surface area contributed by atoms with Crippen molar-refractivity contribution in [2.24, 2.45) is 12.0 Å². The molecule has 9 nitrogen and oxygen atoms in total. The molecule has 1 N–H and O–H groups in total. The summed E-state index contributed by atoms with van der Waals surface area (Å²) in [5.41, 5.74) is 2.97. The monoisotopic (exact) mass is 423 g/mol. The molecule has 31 heavy (non-hydrogen) atoms. The van der Waals surface area contributed by atoms with E-state index in [4.69, 9.17) is 14.5 Å². The SMILES string of the molecule is CCNC(=NCc1ccn(-c2ccc(OC)cc2)n1)N1CCOC(c2cnn(C)c2)C1. The highest BCUT2D eigenvalue weighted by Crippen LogP contribution is 2.22. The van der Waals surface area contributed by atoms with E-state index in [9.17, 15) is 0 Å². The Kier molecular flexibility index (Phi) is 6.51. The maximum Gasteiger partial charge on any atom is 0.194 e. The molecule has 9 heteroatoms. The van der Waals surface area contributed by atoms with Gasteiger partial charge in [-0.25, -0.2) is 9.67 Å². The Bertz CT molecular complexity index is 1010. The van der Waals surface area contributed by atoms with Gasteiger partial charge in [-0.2, -0.15) is 10.2 Å². The number of ether oxygens (including phenoxy) is 2. The predicted molar refractivity (Wildman–Crippen MR) is 118 cm³/mol. The number of nitrogens with zero attached hydrogens (tertiary/aromatic N) is 6. The Balaban J connectivity index is 1.44. The van der Waals surface area contributed by atoms with E-state index < -0.39 is 0 Å². The maximum atomic E-state index is 5.97. The Morgan fingerprint density at radius 3 is 2.84 bits per heavy atom. The number of hydrogen-bond donors (Lipinski definition) is 1. The van der Waals surface area contributed by atoms with Crippen LogP contribution in [0.2, 0.25) is 0 Å². The number of methoxy groups -OCH3 is 1. The molecular weight excluding hydrogens is 394 g/mol. The molecule has 3 aromatic rings. The fourth-order valence-corrected chi connectivity index (χ4v) is 3.56. The molecule has 1 atom stereocenters. The lowest BCUT2D eigenvalue weighted by molar-refractivity contribution is -0.00805. The summed E-state index contributed by atoms with van der Waals surface area (Å²) in [4.78, 5) is 7.08. The van der Waals surface area contributed by atoms with Crippen molar-refractivity contribution < 1.29 is 9.47 Å². The topological polar surface area (TPSA) is 81.7 Å². The number of aryl methyl sites for hydroxylation is 1. The van der Waals surface area contributed by atoms with Gasteiger partial charge in [-0.1, -0.05) is 0 Å². The molecule has 1 aromatic carbocycles. The van der Waals surface area contributed by atoms with Crippen LogP contribution in [0.1, 0.15) is 24.3 Å². The van der Waals surface area contributed by atoms with Crippen molar-refractivity contribution >= 4 is 5.96 Å². The van der Waals surface area contributed by atoms with Crippen molar-refractivity contribution in [3.05, 3.63) is 60.2 Å². The second-order valence-corrected chi connectivity index (χ2v) is 7.37. The molecule has 1 unspecified atom stereocenters.